The monoisotopic (exact) mass is 454 g/mol. The van der Waals surface area contributed by atoms with E-state index in [9.17, 15) is 14.7 Å². The van der Waals surface area contributed by atoms with E-state index in [4.69, 9.17) is 4.42 Å². The zero-order valence-corrected chi connectivity index (χ0v) is 19.0. The van der Waals surface area contributed by atoms with Crippen molar-refractivity contribution in [3.05, 3.63) is 83.4 Å². The van der Waals surface area contributed by atoms with Crippen LogP contribution < -0.4 is 10.2 Å². The van der Waals surface area contributed by atoms with Crippen molar-refractivity contribution in [2.75, 3.05) is 23.3 Å². The van der Waals surface area contributed by atoms with Gasteiger partial charge in [-0.1, -0.05) is 17.7 Å². The molecule has 6 heteroatoms. The molecule has 172 valence electrons. The number of carboxylic acids is 1. The van der Waals surface area contributed by atoms with E-state index in [0.29, 0.717) is 22.3 Å². The maximum atomic E-state index is 13.2. The smallest absolute Gasteiger partial charge is 0.335 e. The molecular weight excluding hydrogens is 428 g/mol. The molecule has 1 amide bonds. The van der Waals surface area contributed by atoms with Crippen molar-refractivity contribution in [1.82, 2.24) is 0 Å². The maximum absolute atomic E-state index is 13.2. The molecule has 1 aliphatic heterocycles. The lowest BCUT2D eigenvalue weighted by Crippen LogP contribution is -2.29. The maximum Gasteiger partial charge on any atom is 0.335 e. The molecule has 0 unspecified atom stereocenters. The molecule has 1 fully saturated rings. The zero-order valence-electron chi connectivity index (χ0n) is 19.0. The second-order valence-corrected chi connectivity index (χ2v) is 8.80. The summed E-state index contributed by atoms with van der Waals surface area (Å²) >= 11 is 0. The molecule has 6 nitrogen and oxygen atoms in total. The number of hydrogen-bond donors (Lipinski definition) is 2. The summed E-state index contributed by atoms with van der Waals surface area (Å²) in [4.78, 5) is 26.8. The molecule has 0 atom stereocenters. The third-order valence-corrected chi connectivity index (χ3v) is 6.26. The van der Waals surface area contributed by atoms with E-state index >= 15 is 0 Å². The van der Waals surface area contributed by atoms with Crippen molar-refractivity contribution in [2.45, 2.75) is 26.2 Å². The third-order valence-electron chi connectivity index (χ3n) is 6.26. The summed E-state index contributed by atoms with van der Waals surface area (Å²) in [7, 11) is 0. The van der Waals surface area contributed by atoms with Gasteiger partial charge in [-0.15, -0.1) is 0 Å². The summed E-state index contributed by atoms with van der Waals surface area (Å²) in [6, 6.07) is 20.1. The van der Waals surface area contributed by atoms with E-state index in [1.54, 1.807) is 12.1 Å². The number of aromatic carboxylic acids is 1. The number of piperidine rings is 1. The highest BCUT2D eigenvalue weighted by molar-refractivity contribution is 6.06. The number of furan rings is 1. The Labute approximate surface area is 197 Å². The lowest BCUT2D eigenvalue weighted by molar-refractivity contribution is 0.0697. The average Bonchev–Trinajstić information content (AvgIpc) is 3.29. The first kappa shape index (κ1) is 21.8. The van der Waals surface area contributed by atoms with Gasteiger partial charge in [-0.25, -0.2) is 4.79 Å². The van der Waals surface area contributed by atoms with Crippen molar-refractivity contribution in [1.29, 1.82) is 0 Å². The van der Waals surface area contributed by atoms with Gasteiger partial charge in [0.05, 0.1) is 5.56 Å². The van der Waals surface area contributed by atoms with Gasteiger partial charge in [0, 0.05) is 41.0 Å². The Kier molecular flexibility index (Phi) is 5.80. The van der Waals surface area contributed by atoms with E-state index in [0.717, 1.165) is 48.4 Å². The average molecular weight is 455 g/mol. The molecule has 0 bridgehead atoms. The molecule has 0 spiro atoms. The summed E-state index contributed by atoms with van der Waals surface area (Å²) in [6.07, 6.45) is 3.46. The van der Waals surface area contributed by atoms with Crippen LogP contribution in [0, 0.1) is 6.92 Å². The highest BCUT2D eigenvalue weighted by Gasteiger charge is 2.18. The number of carbonyl (C=O) groups excluding carboxylic acids is 1. The molecular formula is C28H26N2O4. The minimum atomic E-state index is -0.980. The highest BCUT2D eigenvalue weighted by Crippen LogP contribution is 2.33. The SMILES string of the molecule is Cc1ccc(NC(=O)c2cc(-c3cc4cc(C(=O)O)ccc4o3)cc(N3CCCCC3)c2)cc1. The Balaban J connectivity index is 1.54. The molecule has 4 aromatic rings. The fourth-order valence-electron chi connectivity index (χ4n) is 4.38. The first-order valence-electron chi connectivity index (χ1n) is 11.5. The van der Waals surface area contributed by atoms with Crippen molar-refractivity contribution in [2.24, 2.45) is 0 Å². The number of hydrogen-bond acceptors (Lipinski definition) is 4. The predicted molar refractivity (Wildman–Crippen MR) is 134 cm³/mol. The van der Waals surface area contributed by atoms with Crippen LogP contribution in [-0.4, -0.2) is 30.1 Å². The summed E-state index contributed by atoms with van der Waals surface area (Å²) in [5.41, 5.74) is 5.00. The van der Waals surface area contributed by atoms with E-state index < -0.39 is 5.97 Å². The number of nitrogens with zero attached hydrogens (tertiary/aromatic N) is 1. The van der Waals surface area contributed by atoms with Gasteiger partial charge in [0.1, 0.15) is 11.3 Å². The van der Waals surface area contributed by atoms with Crippen molar-refractivity contribution in [3.63, 3.8) is 0 Å². The van der Waals surface area contributed by atoms with Crippen LogP contribution in [0.25, 0.3) is 22.3 Å². The number of benzene rings is 3. The third kappa shape index (κ3) is 4.53. The van der Waals surface area contributed by atoms with Gasteiger partial charge in [0.15, 0.2) is 0 Å². The molecule has 34 heavy (non-hydrogen) atoms. The Morgan fingerprint density at radius 1 is 0.882 bits per heavy atom. The van der Waals surface area contributed by atoms with Crippen LogP contribution >= 0.6 is 0 Å². The predicted octanol–water partition coefficient (Wildman–Crippen LogP) is 6.35. The summed E-state index contributed by atoms with van der Waals surface area (Å²) in [5, 5.41) is 13.0. The topological polar surface area (TPSA) is 82.8 Å². The number of anilines is 2. The van der Waals surface area contributed by atoms with Gasteiger partial charge in [0.2, 0.25) is 0 Å². The van der Waals surface area contributed by atoms with E-state index in [1.165, 1.54) is 12.5 Å². The van der Waals surface area contributed by atoms with Gasteiger partial charge in [0.25, 0.3) is 5.91 Å². The van der Waals surface area contributed by atoms with Crippen LogP contribution in [0.4, 0.5) is 11.4 Å². The highest BCUT2D eigenvalue weighted by atomic mass is 16.4. The lowest BCUT2D eigenvalue weighted by Gasteiger charge is -2.29. The van der Waals surface area contributed by atoms with E-state index in [-0.39, 0.29) is 11.5 Å². The number of carboxylic acid groups (broad SMARTS) is 1. The van der Waals surface area contributed by atoms with Crippen LogP contribution in [0.15, 0.2) is 71.1 Å². The molecule has 2 N–H and O–H groups in total. The van der Waals surface area contributed by atoms with Crippen LogP contribution in [0.3, 0.4) is 0 Å². The van der Waals surface area contributed by atoms with Crippen molar-refractivity contribution >= 4 is 34.2 Å². The van der Waals surface area contributed by atoms with Crippen molar-refractivity contribution < 1.29 is 19.1 Å². The first-order valence-corrected chi connectivity index (χ1v) is 11.5. The molecule has 1 saturated heterocycles. The number of amides is 1. The fraction of sp³-hybridized carbons (Fsp3) is 0.214. The first-order chi connectivity index (χ1) is 16.5. The summed E-state index contributed by atoms with van der Waals surface area (Å²) in [6.45, 7) is 3.90. The molecule has 2 heterocycles. The number of nitrogens with one attached hydrogen (secondary N) is 1. The Morgan fingerprint density at radius 2 is 1.65 bits per heavy atom. The molecule has 5 rings (SSSR count). The second kappa shape index (κ2) is 9.06. The Morgan fingerprint density at radius 3 is 2.38 bits per heavy atom. The molecule has 0 saturated carbocycles. The van der Waals surface area contributed by atoms with E-state index in [1.807, 2.05) is 55.5 Å². The number of carbonyl (C=O) groups is 2. The van der Waals surface area contributed by atoms with Gasteiger partial charge < -0.3 is 19.7 Å². The van der Waals surface area contributed by atoms with Crippen LogP contribution in [-0.2, 0) is 0 Å². The zero-order chi connectivity index (χ0) is 23.7. The normalized spacial score (nSPS) is 13.7. The number of rotatable bonds is 5. The quantitative estimate of drug-likeness (QED) is 0.367. The van der Waals surface area contributed by atoms with Crippen LogP contribution in [0.1, 0.15) is 45.5 Å². The van der Waals surface area contributed by atoms with Crippen LogP contribution in [0.2, 0.25) is 0 Å². The Hall–Kier alpha value is -4.06. The molecule has 1 aliphatic rings. The van der Waals surface area contributed by atoms with Gasteiger partial charge in [-0.2, -0.15) is 0 Å². The fourth-order valence-corrected chi connectivity index (χ4v) is 4.38. The van der Waals surface area contributed by atoms with E-state index in [2.05, 4.69) is 10.2 Å². The van der Waals surface area contributed by atoms with Gasteiger partial charge in [-0.3, -0.25) is 4.79 Å². The summed E-state index contributed by atoms with van der Waals surface area (Å²) in [5.74, 6) is -0.569. The number of aryl methyl sites for hydroxylation is 1. The minimum Gasteiger partial charge on any atom is -0.478 e. The molecule has 0 aliphatic carbocycles. The van der Waals surface area contributed by atoms with Gasteiger partial charge >= 0.3 is 5.97 Å². The lowest BCUT2D eigenvalue weighted by atomic mass is 10.0. The molecule has 1 aromatic heterocycles. The summed E-state index contributed by atoms with van der Waals surface area (Å²) < 4.78 is 6.05. The Bertz CT molecular complexity index is 1370. The number of fused-ring (bicyclic) bond motifs is 1. The molecule has 0 radical (unpaired) electrons. The second-order valence-electron chi connectivity index (χ2n) is 8.80. The standard InChI is InChI=1S/C28H26N2O4/c1-18-5-8-23(9-6-18)29-27(31)22-14-20(15-24(16-22)30-11-3-2-4-12-30)26-17-21-13-19(28(32)33)7-10-25(21)34-26/h5-10,13-17H,2-4,11-12H2,1H3,(H,29,31)(H,32,33). The largest absolute Gasteiger partial charge is 0.478 e. The van der Waals surface area contributed by atoms with Crippen molar-refractivity contribution in [3.8, 4) is 11.3 Å². The van der Waals surface area contributed by atoms with Crippen LogP contribution in [0.5, 0.6) is 0 Å². The van der Waals surface area contributed by atoms with Gasteiger partial charge in [-0.05, 0) is 80.8 Å². The molecule has 3 aromatic carbocycles. The minimum absolute atomic E-state index is 0.187.